The van der Waals surface area contributed by atoms with Crippen LogP contribution in [-0.4, -0.2) is 24.9 Å². The Labute approximate surface area is 525 Å². The molecule has 11 aromatic carbocycles. The number of hydrogen-bond donors (Lipinski definition) is 0. The van der Waals surface area contributed by atoms with Gasteiger partial charge >= 0.3 is 0 Å². The van der Waals surface area contributed by atoms with Gasteiger partial charge in [-0.15, -0.1) is 11.3 Å². The summed E-state index contributed by atoms with van der Waals surface area (Å²) in [5, 5.41) is 3.56. The molecule has 0 aliphatic heterocycles. The Morgan fingerprint density at radius 3 is 1.21 bits per heavy atom. The summed E-state index contributed by atoms with van der Waals surface area (Å²) in [6, 6.07) is 93.0. The third-order valence-electron chi connectivity index (χ3n) is 20.2. The number of rotatable bonds is 7. The van der Waals surface area contributed by atoms with Crippen LogP contribution in [0, 0.1) is 0 Å². The molecule has 5 nitrogen and oxygen atoms in total. The average Bonchev–Trinajstić information content (AvgIpc) is 1.20. The maximum Gasteiger partial charge on any atom is 0.164 e. The van der Waals surface area contributed by atoms with Crippen molar-refractivity contribution in [3.63, 3.8) is 0 Å². The maximum atomic E-state index is 5.19. The van der Waals surface area contributed by atoms with Gasteiger partial charge in [0.25, 0.3) is 0 Å². The molecular weight excluding hydrogens is 1100 g/mol. The van der Waals surface area contributed by atoms with E-state index in [4.69, 9.17) is 24.9 Å². The van der Waals surface area contributed by atoms with Gasteiger partial charge in [0.2, 0.25) is 0 Å². The second-order valence-electron chi connectivity index (χ2n) is 26.0. The maximum absolute atomic E-state index is 5.19. The summed E-state index contributed by atoms with van der Waals surface area (Å²) in [6.07, 6.45) is 0. The van der Waals surface area contributed by atoms with Crippen molar-refractivity contribution in [2.45, 2.75) is 77.0 Å². The fraction of sp³-hybridized carbons (Fsp3) is 0.145. The van der Waals surface area contributed by atoms with Crippen LogP contribution in [0.25, 0.3) is 132 Å². The summed E-state index contributed by atoms with van der Waals surface area (Å²) in [7, 11) is 0. The van der Waals surface area contributed by atoms with Gasteiger partial charge in [0.15, 0.2) is 23.3 Å². The molecule has 0 saturated carbocycles. The van der Waals surface area contributed by atoms with Crippen LogP contribution >= 0.6 is 11.3 Å². The van der Waals surface area contributed by atoms with E-state index in [-0.39, 0.29) is 21.7 Å². The normalized spacial score (nSPS) is 14.7. The number of fused-ring (bicyclic) bond motifs is 10. The van der Waals surface area contributed by atoms with Gasteiger partial charge in [-0.1, -0.05) is 262 Å². The molecule has 14 aromatic rings. The highest BCUT2D eigenvalue weighted by Crippen LogP contribution is 2.57. The van der Waals surface area contributed by atoms with E-state index < -0.39 is 0 Å². The van der Waals surface area contributed by atoms with Crippen LogP contribution in [0.3, 0.4) is 0 Å². The smallest absolute Gasteiger partial charge is 0.164 e. The van der Waals surface area contributed by atoms with Crippen LogP contribution < -0.4 is 0 Å². The van der Waals surface area contributed by atoms with Crippen LogP contribution in [0.4, 0.5) is 0 Å². The van der Waals surface area contributed by atoms with E-state index in [0.29, 0.717) is 17.5 Å². The van der Waals surface area contributed by atoms with Crippen molar-refractivity contribution in [2.75, 3.05) is 0 Å². The van der Waals surface area contributed by atoms with Gasteiger partial charge in [-0.3, -0.25) is 0 Å². The van der Waals surface area contributed by atoms with E-state index >= 15 is 0 Å². The summed E-state index contributed by atoms with van der Waals surface area (Å²) in [6.45, 7) is 19.0. The Kier molecular flexibility index (Phi) is 13.4. The molecule has 2 aliphatic carbocycles. The van der Waals surface area contributed by atoms with Crippen molar-refractivity contribution in [1.82, 2.24) is 24.9 Å². The molecule has 0 N–H and O–H groups in total. The lowest BCUT2D eigenvalue weighted by molar-refractivity contribution is 0.299. The molecule has 430 valence electrons. The van der Waals surface area contributed by atoms with Gasteiger partial charge in [0.1, 0.15) is 0 Å². The molecule has 0 radical (unpaired) electrons. The van der Waals surface area contributed by atoms with E-state index in [9.17, 15) is 0 Å². The zero-order valence-electron chi connectivity index (χ0n) is 51.5. The van der Waals surface area contributed by atoms with E-state index in [1.54, 1.807) is 0 Å². The Morgan fingerprint density at radius 1 is 0.236 bits per heavy atom. The zero-order chi connectivity index (χ0) is 60.8. The topological polar surface area (TPSA) is 64.5 Å². The van der Waals surface area contributed by atoms with Crippen molar-refractivity contribution in [2.24, 2.45) is 0 Å². The monoisotopic (exact) mass is 1170 g/mol. The first-order valence-electron chi connectivity index (χ1n) is 30.9. The van der Waals surface area contributed by atoms with Crippen LogP contribution in [-0.2, 0) is 21.7 Å². The number of benzene rings is 11. The number of hydrogen-bond acceptors (Lipinski definition) is 6. The molecule has 6 heteroatoms. The van der Waals surface area contributed by atoms with Gasteiger partial charge in [0, 0.05) is 53.4 Å². The summed E-state index contributed by atoms with van der Waals surface area (Å²) in [5.74, 6) is 2.78. The first-order chi connectivity index (χ1) is 43.1. The lowest BCUT2D eigenvalue weighted by atomic mass is 9.55. The minimum Gasteiger partial charge on any atom is -0.228 e. The summed E-state index contributed by atoms with van der Waals surface area (Å²) < 4.78 is 2.54. The predicted octanol–water partition coefficient (Wildman–Crippen LogP) is 22.0. The molecule has 89 heavy (non-hydrogen) atoms. The number of thiophene rings is 1. The van der Waals surface area contributed by atoms with Crippen molar-refractivity contribution in [3.8, 4) is 101 Å². The highest BCUT2D eigenvalue weighted by molar-refractivity contribution is 7.25. The van der Waals surface area contributed by atoms with Crippen molar-refractivity contribution in [3.05, 3.63) is 283 Å². The number of para-hydroxylation sites is 1. The molecule has 3 aromatic heterocycles. The Hall–Kier alpha value is -10.0. The minimum atomic E-state index is -0.111. The second kappa shape index (κ2) is 21.4. The van der Waals surface area contributed by atoms with Crippen molar-refractivity contribution in [1.29, 1.82) is 0 Å². The SMILES string of the molecule is CC1(C)c2cc(-c3ccccc3)ccc2-c2ccc(-c3nc(-c4ccccc4)c4ccccc4n3)cc2C1(C)C.CC1(C)c2ccc(-c3ccccc3)cc2-c2cc(-c3nc(-c4ccccc4)nc(-c4ccc5sc6ccccc6c5c4)n3)ccc2C1(C)C. The Morgan fingerprint density at radius 2 is 0.618 bits per heavy atom. The van der Waals surface area contributed by atoms with Crippen molar-refractivity contribution >= 4 is 42.4 Å². The first-order valence-corrected chi connectivity index (χ1v) is 31.7. The minimum absolute atomic E-state index is 0.0721. The van der Waals surface area contributed by atoms with E-state index in [1.807, 2.05) is 41.7 Å². The molecular formula is C83H67N5S. The van der Waals surface area contributed by atoms with Crippen LogP contribution in [0.2, 0.25) is 0 Å². The van der Waals surface area contributed by atoms with Gasteiger partial charge in [-0.05, 0) is 143 Å². The van der Waals surface area contributed by atoms with Crippen LogP contribution in [0.5, 0.6) is 0 Å². The molecule has 0 amide bonds. The van der Waals surface area contributed by atoms with E-state index in [0.717, 1.165) is 50.2 Å². The number of aromatic nitrogens is 5. The van der Waals surface area contributed by atoms with Gasteiger partial charge in [-0.2, -0.15) is 0 Å². The molecule has 0 saturated heterocycles. The number of nitrogens with zero attached hydrogens (tertiary/aromatic N) is 5. The molecule has 2 aliphatic rings. The molecule has 0 unspecified atom stereocenters. The molecule has 0 spiro atoms. The standard InChI is InChI=1S/C45H35N3S.C38H32N2/c1-44(2)37-22-19-30(28-13-7-5-8-14-28)25-34(37)35-26-31(20-23-38(35)45(44,3)4)42-46-41(29-15-9-6-10-16-29)47-43(48-42)32-21-24-40-36(27-32)33-17-11-12-18-39(33)49-40;1-37(2)32-23-27(25-13-7-5-8-14-25)19-21-29(32)30-22-20-28(24-33(30)38(37,3)4)36-39-34-18-12-11-17-31(34)35(40-36)26-15-9-6-10-16-26/h5-27H,1-4H3;5-24H,1-4H3. The average molecular weight is 1170 g/mol. The summed E-state index contributed by atoms with van der Waals surface area (Å²) >= 11 is 1.82. The lowest BCUT2D eigenvalue weighted by Crippen LogP contribution is -2.43. The zero-order valence-corrected chi connectivity index (χ0v) is 52.3. The third-order valence-corrected chi connectivity index (χ3v) is 21.3. The van der Waals surface area contributed by atoms with E-state index in [1.165, 1.54) is 86.9 Å². The third kappa shape index (κ3) is 9.39. The van der Waals surface area contributed by atoms with Crippen molar-refractivity contribution < 1.29 is 0 Å². The molecule has 0 atom stereocenters. The fourth-order valence-corrected chi connectivity index (χ4v) is 14.8. The van der Waals surface area contributed by atoms with Gasteiger partial charge in [0.05, 0.1) is 11.2 Å². The molecule has 0 fully saturated rings. The Bertz CT molecular complexity index is 5060. The summed E-state index contributed by atoms with van der Waals surface area (Å²) in [4.78, 5) is 25.6. The van der Waals surface area contributed by atoms with E-state index in [2.05, 4.69) is 286 Å². The quantitative estimate of drug-likeness (QED) is 0.159. The molecule has 3 heterocycles. The highest BCUT2D eigenvalue weighted by Gasteiger charge is 2.47. The predicted molar refractivity (Wildman–Crippen MR) is 373 cm³/mol. The Balaban J connectivity index is 0.000000152. The van der Waals surface area contributed by atoms with Crippen LogP contribution in [0.1, 0.15) is 77.6 Å². The van der Waals surface area contributed by atoms with Crippen LogP contribution in [0.15, 0.2) is 261 Å². The van der Waals surface area contributed by atoms with Gasteiger partial charge < -0.3 is 0 Å². The summed E-state index contributed by atoms with van der Waals surface area (Å²) in [5.41, 5.74) is 22.2. The fourth-order valence-electron chi connectivity index (χ4n) is 13.7. The first kappa shape index (κ1) is 55.6. The lowest BCUT2D eigenvalue weighted by Gasteiger charge is -2.48. The highest BCUT2D eigenvalue weighted by atomic mass is 32.1. The molecule has 16 rings (SSSR count). The molecule has 0 bridgehead atoms. The largest absolute Gasteiger partial charge is 0.228 e. The van der Waals surface area contributed by atoms with Gasteiger partial charge in [-0.25, -0.2) is 24.9 Å². The second-order valence-corrected chi connectivity index (χ2v) is 27.1.